The quantitative estimate of drug-likeness (QED) is 0.329. The topological polar surface area (TPSA) is 81.3 Å². The Bertz CT molecular complexity index is 1380. The lowest BCUT2D eigenvalue weighted by atomic mass is 9.99. The second kappa shape index (κ2) is 8.72. The number of hydrogen-bond acceptors (Lipinski definition) is 5. The van der Waals surface area contributed by atoms with Crippen LogP contribution in [0, 0.1) is 24.0 Å². The minimum atomic E-state index is -0.387. The molecule has 3 aromatic carbocycles. The first-order valence-electron chi connectivity index (χ1n) is 10.3. The van der Waals surface area contributed by atoms with Crippen LogP contribution in [-0.4, -0.2) is 26.7 Å². The number of aromatic nitrogens is 2. The fourth-order valence-corrected chi connectivity index (χ4v) is 3.91. The molecule has 0 saturated heterocycles. The first-order chi connectivity index (χ1) is 15.3. The lowest BCUT2D eigenvalue weighted by molar-refractivity contribution is -0.385. The molecule has 0 unspecified atom stereocenters. The average molecular weight is 428 g/mol. The summed E-state index contributed by atoms with van der Waals surface area (Å²) in [6, 6.07) is 20.3. The zero-order chi connectivity index (χ0) is 22.8. The third kappa shape index (κ3) is 4.15. The van der Waals surface area contributed by atoms with Crippen LogP contribution < -0.4 is 5.56 Å². The summed E-state index contributed by atoms with van der Waals surface area (Å²) in [5, 5.41) is 17.5. The van der Waals surface area contributed by atoms with Crippen molar-refractivity contribution in [3.05, 3.63) is 104 Å². The molecular formula is C25H24N4O3. The maximum absolute atomic E-state index is 13.2. The van der Waals surface area contributed by atoms with Gasteiger partial charge in [-0.25, -0.2) is 4.68 Å². The smallest absolute Gasteiger partial charge is 0.275 e. The van der Waals surface area contributed by atoms with E-state index in [2.05, 4.69) is 18.2 Å². The molecule has 32 heavy (non-hydrogen) atoms. The number of aryl methyl sites for hydroxylation is 2. The lowest BCUT2D eigenvalue weighted by Gasteiger charge is -2.19. The monoisotopic (exact) mass is 428 g/mol. The van der Waals surface area contributed by atoms with E-state index in [1.165, 1.54) is 10.7 Å². The minimum absolute atomic E-state index is 0.0641. The van der Waals surface area contributed by atoms with E-state index in [-0.39, 0.29) is 22.8 Å². The fourth-order valence-electron chi connectivity index (χ4n) is 3.91. The highest BCUT2D eigenvalue weighted by atomic mass is 16.6. The zero-order valence-electron chi connectivity index (χ0n) is 18.3. The highest BCUT2D eigenvalue weighted by Crippen LogP contribution is 2.28. The summed E-state index contributed by atoms with van der Waals surface area (Å²) in [5.74, 6) is 0. The van der Waals surface area contributed by atoms with Gasteiger partial charge in [0.25, 0.3) is 11.2 Å². The molecule has 0 spiro atoms. The van der Waals surface area contributed by atoms with Crippen LogP contribution in [0.3, 0.4) is 0 Å². The number of fused-ring (bicyclic) bond motifs is 1. The lowest BCUT2D eigenvalue weighted by Crippen LogP contribution is -2.32. The molecule has 4 rings (SSSR count). The molecular weight excluding hydrogens is 404 g/mol. The molecule has 0 fully saturated rings. The van der Waals surface area contributed by atoms with Crippen molar-refractivity contribution in [2.75, 3.05) is 7.05 Å². The molecule has 0 N–H and O–H groups in total. The van der Waals surface area contributed by atoms with Crippen molar-refractivity contribution in [1.82, 2.24) is 14.7 Å². The average Bonchev–Trinajstić information content (AvgIpc) is 2.78. The predicted octanol–water partition coefficient (Wildman–Crippen LogP) is 4.68. The molecule has 1 aromatic heterocycles. The second-order valence-corrected chi connectivity index (χ2v) is 8.06. The number of benzene rings is 3. The van der Waals surface area contributed by atoms with Crippen LogP contribution in [0.25, 0.3) is 22.0 Å². The zero-order valence-corrected chi connectivity index (χ0v) is 18.3. The summed E-state index contributed by atoms with van der Waals surface area (Å²) in [6.45, 7) is 4.58. The molecule has 0 saturated carbocycles. The van der Waals surface area contributed by atoms with Crippen LogP contribution in [-0.2, 0) is 13.2 Å². The number of para-hydroxylation sites is 1. The van der Waals surface area contributed by atoms with Gasteiger partial charge < -0.3 is 0 Å². The molecule has 4 aromatic rings. The Hall–Kier alpha value is -3.84. The normalized spacial score (nSPS) is 11.2. The van der Waals surface area contributed by atoms with Crippen molar-refractivity contribution < 1.29 is 4.92 Å². The van der Waals surface area contributed by atoms with Crippen molar-refractivity contribution in [3.63, 3.8) is 0 Å². The van der Waals surface area contributed by atoms with Gasteiger partial charge in [-0.3, -0.25) is 19.8 Å². The van der Waals surface area contributed by atoms with E-state index in [0.717, 1.165) is 27.8 Å². The molecule has 0 radical (unpaired) electrons. The Morgan fingerprint density at radius 2 is 1.69 bits per heavy atom. The van der Waals surface area contributed by atoms with E-state index in [1.807, 2.05) is 50.1 Å². The van der Waals surface area contributed by atoms with Gasteiger partial charge in [-0.05, 0) is 38.6 Å². The standard InChI is InChI=1S/C25H24N4O3/c1-17-12-13-18(2)22(14-17)24-20-9-5-6-10-21(20)25(30)28(26-24)16-27(3)15-19-8-4-7-11-23(19)29(31)32/h4-14H,15-16H2,1-3H3. The van der Waals surface area contributed by atoms with Crippen molar-refractivity contribution >= 4 is 16.5 Å². The second-order valence-electron chi connectivity index (χ2n) is 8.06. The SMILES string of the molecule is Cc1ccc(C)c(-c2nn(CN(C)Cc3ccccc3[N+](=O)[O-])c(=O)c3ccccc23)c1. The van der Waals surface area contributed by atoms with Gasteiger partial charge in [0.05, 0.1) is 22.7 Å². The molecule has 0 aliphatic heterocycles. The molecule has 7 heteroatoms. The van der Waals surface area contributed by atoms with Crippen molar-refractivity contribution in [2.24, 2.45) is 0 Å². The highest BCUT2D eigenvalue weighted by Gasteiger charge is 2.17. The van der Waals surface area contributed by atoms with Crippen molar-refractivity contribution in [2.45, 2.75) is 27.1 Å². The summed E-state index contributed by atoms with van der Waals surface area (Å²) in [5.41, 5.74) is 4.38. The van der Waals surface area contributed by atoms with E-state index in [4.69, 9.17) is 5.10 Å². The Balaban J connectivity index is 1.77. The van der Waals surface area contributed by atoms with Gasteiger partial charge in [-0.1, -0.05) is 54.1 Å². The van der Waals surface area contributed by atoms with Crippen molar-refractivity contribution in [1.29, 1.82) is 0 Å². The Morgan fingerprint density at radius 1 is 1.00 bits per heavy atom. The van der Waals surface area contributed by atoms with E-state index < -0.39 is 0 Å². The van der Waals surface area contributed by atoms with E-state index in [1.54, 1.807) is 18.2 Å². The first-order valence-corrected chi connectivity index (χ1v) is 10.3. The van der Waals surface area contributed by atoms with E-state index in [9.17, 15) is 14.9 Å². The van der Waals surface area contributed by atoms with Crippen LogP contribution in [0.4, 0.5) is 5.69 Å². The number of hydrogen-bond donors (Lipinski definition) is 0. The molecule has 7 nitrogen and oxygen atoms in total. The molecule has 0 bridgehead atoms. The molecule has 0 atom stereocenters. The number of rotatable bonds is 6. The fraction of sp³-hybridized carbons (Fsp3) is 0.200. The highest BCUT2D eigenvalue weighted by molar-refractivity contribution is 5.94. The summed E-state index contributed by atoms with van der Waals surface area (Å²) < 4.78 is 1.44. The van der Waals surface area contributed by atoms with Crippen LogP contribution in [0.15, 0.2) is 71.5 Å². The number of nitrogens with zero attached hydrogens (tertiary/aromatic N) is 4. The maximum atomic E-state index is 13.2. The van der Waals surface area contributed by atoms with Gasteiger partial charge >= 0.3 is 0 Å². The Kier molecular flexibility index (Phi) is 5.83. The van der Waals surface area contributed by atoms with Gasteiger partial charge in [-0.15, -0.1) is 0 Å². The minimum Gasteiger partial charge on any atom is -0.283 e. The summed E-state index contributed by atoms with van der Waals surface area (Å²) in [6.07, 6.45) is 0. The number of nitro benzene ring substituents is 1. The van der Waals surface area contributed by atoms with Gasteiger partial charge in [0.15, 0.2) is 0 Å². The van der Waals surface area contributed by atoms with Gasteiger partial charge in [0.1, 0.15) is 0 Å². The molecule has 1 heterocycles. The maximum Gasteiger partial charge on any atom is 0.275 e. The third-order valence-electron chi connectivity index (χ3n) is 5.52. The van der Waals surface area contributed by atoms with Gasteiger partial charge in [0.2, 0.25) is 0 Å². The number of nitro groups is 1. The molecule has 0 amide bonds. The van der Waals surface area contributed by atoms with Crippen LogP contribution >= 0.6 is 0 Å². The molecule has 0 aliphatic carbocycles. The third-order valence-corrected chi connectivity index (χ3v) is 5.52. The summed E-state index contributed by atoms with van der Waals surface area (Å²) in [7, 11) is 1.82. The first kappa shape index (κ1) is 21.4. The predicted molar refractivity (Wildman–Crippen MR) is 125 cm³/mol. The van der Waals surface area contributed by atoms with Crippen LogP contribution in [0.2, 0.25) is 0 Å². The molecule has 162 valence electrons. The van der Waals surface area contributed by atoms with Gasteiger partial charge in [0, 0.05) is 29.1 Å². The van der Waals surface area contributed by atoms with E-state index in [0.29, 0.717) is 17.5 Å². The van der Waals surface area contributed by atoms with Crippen LogP contribution in [0.5, 0.6) is 0 Å². The summed E-state index contributed by atoms with van der Waals surface area (Å²) in [4.78, 5) is 26.0. The molecule has 0 aliphatic rings. The van der Waals surface area contributed by atoms with E-state index >= 15 is 0 Å². The summed E-state index contributed by atoms with van der Waals surface area (Å²) >= 11 is 0. The van der Waals surface area contributed by atoms with Crippen LogP contribution in [0.1, 0.15) is 16.7 Å². The Morgan fingerprint density at radius 3 is 2.44 bits per heavy atom. The van der Waals surface area contributed by atoms with Gasteiger partial charge in [-0.2, -0.15) is 5.10 Å². The Labute approximate surface area is 185 Å². The van der Waals surface area contributed by atoms with Crippen molar-refractivity contribution in [3.8, 4) is 11.3 Å². The largest absolute Gasteiger partial charge is 0.283 e.